The van der Waals surface area contributed by atoms with Gasteiger partial charge in [-0.2, -0.15) is 0 Å². The Bertz CT molecular complexity index is 904. The molecule has 0 atom stereocenters. The molecule has 5 heteroatoms. The van der Waals surface area contributed by atoms with Gasteiger partial charge in [-0.05, 0) is 54.3 Å². The van der Waals surface area contributed by atoms with E-state index in [2.05, 4.69) is 4.98 Å². The summed E-state index contributed by atoms with van der Waals surface area (Å²) in [4.78, 5) is 16.7. The summed E-state index contributed by atoms with van der Waals surface area (Å²) < 4.78 is 7.32. The highest BCUT2D eigenvalue weighted by Gasteiger charge is 2.11. The third-order valence-electron chi connectivity index (χ3n) is 4.31. The van der Waals surface area contributed by atoms with E-state index in [1.807, 2.05) is 48.0 Å². The SMILES string of the molecule is COc1cc(Cn2ccnc2)cc(C(=O)CCc2ccc(Cl)c(C)c2)c1. The number of ketones is 1. The molecule has 0 aliphatic carbocycles. The van der Waals surface area contributed by atoms with E-state index >= 15 is 0 Å². The average molecular weight is 369 g/mol. The standard InChI is InChI=1S/C21H21ClN2O2/c1-15-9-16(3-5-20(15)22)4-6-21(25)18-10-17(11-19(12-18)26-2)13-24-8-7-23-14-24/h3,5,7-12,14H,4,6,13H2,1-2H3. The maximum atomic E-state index is 12.7. The number of aromatic nitrogens is 2. The van der Waals surface area contributed by atoms with Crippen LogP contribution in [0.15, 0.2) is 55.1 Å². The maximum absolute atomic E-state index is 12.7. The lowest BCUT2D eigenvalue weighted by molar-refractivity contribution is 0.0982. The Kier molecular flexibility index (Phi) is 5.74. The number of carbonyl (C=O) groups is 1. The minimum atomic E-state index is 0.100. The first-order valence-corrected chi connectivity index (χ1v) is 8.85. The first kappa shape index (κ1) is 18.2. The Hall–Kier alpha value is -2.59. The predicted octanol–water partition coefficient (Wildman–Crippen LogP) is 4.72. The van der Waals surface area contributed by atoms with Crippen LogP contribution in [-0.4, -0.2) is 22.4 Å². The van der Waals surface area contributed by atoms with Gasteiger partial charge in [-0.25, -0.2) is 4.98 Å². The summed E-state index contributed by atoms with van der Waals surface area (Å²) in [5.74, 6) is 0.789. The van der Waals surface area contributed by atoms with Crippen molar-refractivity contribution in [2.45, 2.75) is 26.3 Å². The minimum Gasteiger partial charge on any atom is -0.497 e. The minimum absolute atomic E-state index is 0.100. The Labute approximate surface area is 158 Å². The topological polar surface area (TPSA) is 44.1 Å². The molecule has 0 amide bonds. The molecule has 0 fully saturated rings. The summed E-state index contributed by atoms with van der Waals surface area (Å²) in [7, 11) is 1.61. The van der Waals surface area contributed by atoms with Crippen molar-refractivity contribution in [1.29, 1.82) is 0 Å². The van der Waals surface area contributed by atoms with Gasteiger partial charge in [-0.3, -0.25) is 4.79 Å². The number of benzene rings is 2. The molecule has 0 spiro atoms. The molecule has 1 heterocycles. The largest absolute Gasteiger partial charge is 0.497 e. The second-order valence-electron chi connectivity index (χ2n) is 6.31. The van der Waals surface area contributed by atoms with Gasteiger partial charge in [0.2, 0.25) is 0 Å². The molecule has 134 valence electrons. The van der Waals surface area contributed by atoms with E-state index in [1.165, 1.54) is 0 Å². The van der Waals surface area contributed by atoms with Crippen LogP contribution in [0.1, 0.15) is 33.5 Å². The van der Waals surface area contributed by atoms with E-state index in [0.717, 1.165) is 21.7 Å². The third kappa shape index (κ3) is 4.52. The number of carbonyl (C=O) groups excluding carboxylic acids is 1. The van der Waals surface area contributed by atoms with Crippen molar-refractivity contribution in [3.63, 3.8) is 0 Å². The van der Waals surface area contributed by atoms with Crippen LogP contribution in [0.3, 0.4) is 0 Å². The zero-order valence-electron chi connectivity index (χ0n) is 14.9. The number of rotatable bonds is 7. The number of methoxy groups -OCH3 is 1. The van der Waals surface area contributed by atoms with E-state index in [9.17, 15) is 4.79 Å². The van der Waals surface area contributed by atoms with Gasteiger partial charge in [0.05, 0.1) is 13.4 Å². The highest BCUT2D eigenvalue weighted by Crippen LogP contribution is 2.21. The molecule has 0 saturated heterocycles. The van der Waals surface area contributed by atoms with Crippen LogP contribution in [0.5, 0.6) is 5.75 Å². The number of hydrogen-bond donors (Lipinski definition) is 0. The summed E-state index contributed by atoms with van der Waals surface area (Å²) >= 11 is 6.06. The lowest BCUT2D eigenvalue weighted by Crippen LogP contribution is -2.05. The monoisotopic (exact) mass is 368 g/mol. The first-order chi connectivity index (χ1) is 12.5. The Morgan fingerprint density at radius 3 is 2.73 bits per heavy atom. The molecule has 0 aliphatic rings. The number of ether oxygens (including phenoxy) is 1. The Morgan fingerprint density at radius 1 is 1.19 bits per heavy atom. The number of imidazole rings is 1. The fourth-order valence-electron chi connectivity index (χ4n) is 2.89. The van der Waals surface area contributed by atoms with Gasteiger partial charge in [0.1, 0.15) is 5.75 Å². The number of aryl methyl sites for hydroxylation is 2. The van der Waals surface area contributed by atoms with Crippen molar-refractivity contribution in [3.8, 4) is 5.75 Å². The quantitative estimate of drug-likeness (QED) is 0.567. The molecular weight excluding hydrogens is 348 g/mol. The van der Waals surface area contributed by atoms with Crippen molar-refractivity contribution < 1.29 is 9.53 Å². The zero-order chi connectivity index (χ0) is 18.5. The van der Waals surface area contributed by atoms with Gasteiger partial charge in [-0.1, -0.05) is 23.7 Å². The van der Waals surface area contributed by atoms with Crippen LogP contribution >= 0.6 is 11.6 Å². The van der Waals surface area contributed by atoms with Gasteiger partial charge in [-0.15, -0.1) is 0 Å². The highest BCUT2D eigenvalue weighted by molar-refractivity contribution is 6.31. The van der Waals surface area contributed by atoms with Crippen molar-refractivity contribution in [2.24, 2.45) is 0 Å². The normalized spacial score (nSPS) is 10.7. The number of hydrogen-bond acceptors (Lipinski definition) is 3. The molecule has 1 aromatic heterocycles. The number of nitrogens with zero attached hydrogens (tertiary/aromatic N) is 2. The third-order valence-corrected chi connectivity index (χ3v) is 4.74. The first-order valence-electron chi connectivity index (χ1n) is 8.47. The predicted molar refractivity (Wildman–Crippen MR) is 103 cm³/mol. The Balaban J connectivity index is 1.74. The van der Waals surface area contributed by atoms with Crippen molar-refractivity contribution in [1.82, 2.24) is 9.55 Å². The lowest BCUT2D eigenvalue weighted by Gasteiger charge is -2.10. The zero-order valence-corrected chi connectivity index (χ0v) is 15.7. The van der Waals surface area contributed by atoms with E-state index in [1.54, 1.807) is 25.7 Å². The summed E-state index contributed by atoms with van der Waals surface area (Å²) in [6.45, 7) is 2.62. The molecule has 0 saturated carbocycles. The van der Waals surface area contributed by atoms with Crippen LogP contribution in [0, 0.1) is 6.92 Å². The molecule has 0 unspecified atom stereocenters. The van der Waals surface area contributed by atoms with Crippen molar-refractivity contribution >= 4 is 17.4 Å². The van der Waals surface area contributed by atoms with Crippen LogP contribution < -0.4 is 4.74 Å². The Morgan fingerprint density at radius 2 is 2.04 bits per heavy atom. The molecule has 26 heavy (non-hydrogen) atoms. The van der Waals surface area contributed by atoms with Crippen molar-refractivity contribution in [3.05, 3.63) is 82.4 Å². The van der Waals surface area contributed by atoms with E-state index in [4.69, 9.17) is 16.3 Å². The second kappa shape index (κ2) is 8.19. The molecule has 3 aromatic rings. The molecular formula is C21H21ClN2O2. The van der Waals surface area contributed by atoms with Crippen LogP contribution in [0.4, 0.5) is 0 Å². The number of Topliss-reactive ketones (excluding diaryl/α,β-unsaturated/α-hetero) is 1. The summed E-state index contributed by atoms with van der Waals surface area (Å²) in [5.41, 5.74) is 3.82. The van der Waals surface area contributed by atoms with Gasteiger partial charge in [0.15, 0.2) is 5.78 Å². The molecule has 4 nitrogen and oxygen atoms in total. The van der Waals surface area contributed by atoms with Gasteiger partial charge in [0.25, 0.3) is 0 Å². The van der Waals surface area contributed by atoms with E-state index in [0.29, 0.717) is 30.7 Å². The summed E-state index contributed by atoms with van der Waals surface area (Å²) in [6.07, 6.45) is 6.51. The summed E-state index contributed by atoms with van der Waals surface area (Å²) in [6, 6.07) is 11.6. The smallest absolute Gasteiger partial charge is 0.163 e. The maximum Gasteiger partial charge on any atom is 0.163 e. The summed E-state index contributed by atoms with van der Waals surface area (Å²) in [5, 5.41) is 0.747. The van der Waals surface area contributed by atoms with Gasteiger partial charge >= 0.3 is 0 Å². The van der Waals surface area contributed by atoms with Crippen LogP contribution in [0.2, 0.25) is 5.02 Å². The average Bonchev–Trinajstić information content (AvgIpc) is 3.15. The molecule has 2 aromatic carbocycles. The molecule has 0 aliphatic heterocycles. The van der Waals surface area contributed by atoms with E-state index < -0.39 is 0 Å². The van der Waals surface area contributed by atoms with Gasteiger partial charge in [0, 0.05) is 35.9 Å². The van der Waals surface area contributed by atoms with E-state index in [-0.39, 0.29) is 5.78 Å². The van der Waals surface area contributed by atoms with Crippen LogP contribution in [-0.2, 0) is 13.0 Å². The van der Waals surface area contributed by atoms with Gasteiger partial charge < -0.3 is 9.30 Å². The fraction of sp³-hybridized carbons (Fsp3) is 0.238. The molecule has 0 N–H and O–H groups in total. The number of halogens is 1. The molecule has 0 radical (unpaired) electrons. The second-order valence-corrected chi connectivity index (χ2v) is 6.72. The highest BCUT2D eigenvalue weighted by atomic mass is 35.5. The van der Waals surface area contributed by atoms with Crippen LogP contribution in [0.25, 0.3) is 0 Å². The lowest BCUT2D eigenvalue weighted by atomic mass is 10.00. The molecule has 0 bridgehead atoms. The molecule has 3 rings (SSSR count). The fourth-order valence-corrected chi connectivity index (χ4v) is 3.00. The van der Waals surface area contributed by atoms with Crippen molar-refractivity contribution in [2.75, 3.05) is 7.11 Å².